The Labute approximate surface area is 153 Å². The molecule has 1 aromatic carbocycles. The maximum Gasteiger partial charge on any atom is 0.329 e. The molecule has 3 heteroatoms. The number of unbranched alkanes of at least 4 members (excludes halogenated alkanes) is 8. The van der Waals surface area contributed by atoms with Crippen LogP contribution in [0.3, 0.4) is 0 Å². The van der Waals surface area contributed by atoms with Gasteiger partial charge in [0.25, 0.3) is 0 Å². The van der Waals surface area contributed by atoms with Gasteiger partial charge in [0.05, 0.1) is 11.0 Å². The minimum atomic E-state index is 0.187. The first-order valence-electron chi connectivity index (χ1n) is 10.4. The number of hydrogen-bond donors (Lipinski definition) is 0. The number of nitrogens with zero attached hydrogens (tertiary/aromatic N) is 2. The summed E-state index contributed by atoms with van der Waals surface area (Å²) >= 11 is 0. The molecule has 0 amide bonds. The van der Waals surface area contributed by atoms with E-state index in [9.17, 15) is 4.79 Å². The van der Waals surface area contributed by atoms with E-state index in [2.05, 4.69) is 39.0 Å². The van der Waals surface area contributed by atoms with Crippen molar-refractivity contribution in [1.29, 1.82) is 0 Å². The molecule has 0 spiro atoms. The Balaban J connectivity index is 2.12. The predicted molar refractivity (Wildman–Crippen MR) is 108 cm³/mol. The van der Waals surface area contributed by atoms with E-state index in [0.717, 1.165) is 37.0 Å². The van der Waals surface area contributed by atoms with Gasteiger partial charge in [0.1, 0.15) is 0 Å². The number of hydrogen-bond acceptors (Lipinski definition) is 1. The van der Waals surface area contributed by atoms with Gasteiger partial charge in [-0.3, -0.25) is 9.13 Å². The summed E-state index contributed by atoms with van der Waals surface area (Å²) in [5, 5.41) is 0. The number of fused-ring (bicyclic) bond motifs is 1. The van der Waals surface area contributed by atoms with Crippen molar-refractivity contribution in [1.82, 2.24) is 9.13 Å². The summed E-state index contributed by atoms with van der Waals surface area (Å²) in [6.45, 7) is 8.29. The number of rotatable bonds is 12. The molecule has 25 heavy (non-hydrogen) atoms. The van der Waals surface area contributed by atoms with E-state index in [-0.39, 0.29) is 5.69 Å². The number of imidazole rings is 1. The van der Waals surface area contributed by atoms with Crippen molar-refractivity contribution < 1.29 is 0 Å². The van der Waals surface area contributed by atoms with Crippen LogP contribution in [0.25, 0.3) is 11.0 Å². The molecule has 0 N–H and O–H groups in total. The van der Waals surface area contributed by atoms with E-state index >= 15 is 0 Å². The molecule has 0 aliphatic rings. The van der Waals surface area contributed by atoms with E-state index < -0.39 is 0 Å². The summed E-state index contributed by atoms with van der Waals surface area (Å²) in [6, 6.07) is 6.43. The summed E-state index contributed by atoms with van der Waals surface area (Å²) in [7, 11) is 0. The lowest BCUT2D eigenvalue weighted by Crippen LogP contribution is -2.24. The fourth-order valence-electron chi connectivity index (χ4n) is 3.61. The highest BCUT2D eigenvalue weighted by molar-refractivity contribution is 5.77. The summed E-state index contributed by atoms with van der Waals surface area (Å²) in [6.07, 6.45) is 12.3. The molecule has 2 aromatic rings. The summed E-state index contributed by atoms with van der Waals surface area (Å²) in [4.78, 5) is 13.0. The molecule has 1 heterocycles. The van der Waals surface area contributed by atoms with Crippen LogP contribution in [0.4, 0.5) is 0 Å². The zero-order valence-electron chi connectivity index (χ0n) is 16.5. The summed E-state index contributed by atoms with van der Waals surface area (Å²) < 4.78 is 4.02. The normalized spacial score (nSPS) is 11.5. The maximum atomic E-state index is 13.0. The van der Waals surface area contributed by atoms with E-state index in [1.165, 1.54) is 56.9 Å². The average Bonchev–Trinajstić information content (AvgIpc) is 2.86. The molecule has 0 fully saturated rings. The van der Waals surface area contributed by atoms with Crippen LogP contribution in [0, 0.1) is 6.92 Å². The molecular formula is C22H36N2O. The molecule has 0 aliphatic carbocycles. The van der Waals surface area contributed by atoms with Crippen molar-refractivity contribution in [3.63, 3.8) is 0 Å². The van der Waals surface area contributed by atoms with Crippen molar-refractivity contribution >= 4 is 11.0 Å². The second-order valence-corrected chi connectivity index (χ2v) is 7.41. The molecule has 0 bridgehead atoms. The minimum Gasteiger partial charge on any atom is -0.292 e. The first-order chi connectivity index (χ1) is 12.2. The van der Waals surface area contributed by atoms with Crippen molar-refractivity contribution in [2.24, 2.45) is 0 Å². The van der Waals surface area contributed by atoms with E-state index in [0.29, 0.717) is 0 Å². The van der Waals surface area contributed by atoms with Gasteiger partial charge in [-0.25, -0.2) is 4.79 Å². The number of benzene rings is 1. The highest BCUT2D eigenvalue weighted by atomic mass is 16.1. The Morgan fingerprint density at radius 2 is 1.24 bits per heavy atom. The molecular weight excluding hydrogens is 308 g/mol. The second kappa shape index (κ2) is 10.5. The standard InChI is InChI=1S/C22H36N2O/c1-4-6-8-10-12-16-23-20-15-14-19(3)18-21(20)24(22(23)25)17-13-11-9-7-5-2/h14-15,18H,4-13,16-17H2,1-3H3. The van der Waals surface area contributed by atoms with Crippen LogP contribution >= 0.6 is 0 Å². The Hall–Kier alpha value is -1.51. The summed E-state index contributed by atoms with van der Waals surface area (Å²) in [5.41, 5.74) is 3.65. The number of aromatic nitrogens is 2. The smallest absolute Gasteiger partial charge is 0.292 e. The highest BCUT2D eigenvalue weighted by Gasteiger charge is 2.12. The minimum absolute atomic E-state index is 0.187. The van der Waals surface area contributed by atoms with Crippen molar-refractivity contribution in [3.8, 4) is 0 Å². The lowest BCUT2D eigenvalue weighted by Gasteiger charge is -2.04. The first-order valence-corrected chi connectivity index (χ1v) is 10.4. The topological polar surface area (TPSA) is 26.9 Å². The Bertz CT molecular complexity index is 696. The van der Waals surface area contributed by atoms with Gasteiger partial charge in [0.2, 0.25) is 0 Å². The lowest BCUT2D eigenvalue weighted by molar-refractivity contribution is 0.533. The van der Waals surface area contributed by atoms with Gasteiger partial charge in [-0.15, -0.1) is 0 Å². The van der Waals surface area contributed by atoms with E-state index in [1.54, 1.807) is 0 Å². The molecule has 0 saturated heterocycles. The molecule has 0 aliphatic heterocycles. The van der Waals surface area contributed by atoms with Gasteiger partial charge in [-0.1, -0.05) is 71.3 Å². The fraction of sp³-hybridized carbons (Fsp3) is 0.682. The van der Waals surface area contributed by atoms with Crippen LogP contribution in [-0.4, -0.2) is 9.13 Å². The Morgan fingerprint density at radius 1 is 0.720 bits per heavy atom. The van der Waals surface area contributed by atoms with Gasteiger partial charge in [0, 0.05) is 13.1 Å². The van der Waals surface area contributed by atoms with E-state index in [1.807, 2.05) is 9.13 Å². The quantitative estimate of drug-likeness (QED) is 0.430. The van der Waals surface area contributed by atoms with Gasteiger partial charge < -0.3 is 0 Å². The van der Waals surface area contributed by atoms with Crippen LogP contribution in [-0.2, 0) is 13.1 Å². The molecule has 140 valence electrons. The molecule has 3 nitrogen and oxygen atoms in total. The second-order valence-electron chi connectivity index (χ2n) is 7.41. The molecule has 0 radical (unpaired) electrons. The molecule has 0 unspecified atom stereocenters. The monoisotopic (exact) mass is 344 g/mol. The zero-order chi connectivity index (χ0) is 18.1. The van der Waals surface area contributed by atoms with Crippen LogP contribution in [0.2, 0.25) is 0 Å². The van der Waals surface area contributed by atoms with E-state index in [4.69, 9.17) is 0 Å². The van der Waals surface area contributed by atoms with Crippen molar-refractivity contribution in [2.45, 2.75) is 98.1 Å². The molecule has 0 atom stereocenters. The van der Waals surface area contributed by atoms with Crippen molar-refractivity contribution in [3.05, 3.63) is 34.2 Å². The van der Waals surface area contributed by atoms with Gasteiger partial charge >= 0.3 is 5.69 Å². The highest BCUT2D eigenvalue weighted by Crippen LogP contribution is 2.17. The summed E-state index contributed by atoms with van der Waals surface area (Å²) in [5.74, 6) is 0. The SMILES string of the molecule is CCCCCCCn1c(=O)n(CCCCCCC)c2cc(C)ccc21. The third-order valence-electron chi connectivity index (χ3n) is 5.14. The number of aryl methyl sites for hydroxylation is 3. The van der Waals surface area contributed by atoms with Crippen LogP contribution in [0.1, 0.15) is 83.6 Å². The van der Waals surface area contributed by atoms with Gasteiger partial charge in [0.15, 0.2) is 0 Å². The Morgan fingerprint density at radius 3 is 1.80 bits per heavy atom. The van der Waals surface area contributed by atoms with Crippen LogP contribution in [0.15, 0.2) is 23.0 Å². The van der Waals surface area contributed by atoms with Crippen molar-refractivity contribution in [2.75, 3.05) is 0 Å². The third kappa shape index (κ3) is 5.49. The zero-order valence-corrected chi connectivity index (χ0v) is 16.5. The molecule has 2 rings (SSSR count). The van der Waals surface area contributed by atoms with Crippen LogP contribution in [0.5, 0.6) is 0 Å². The Kier molecular flexibility index (Phi) is 8.30. The molecule has 0 saturated carbocycles. The average molecular weight is 345 g/mol. The van der Waals surface area contributed by atoms with Gasteiger partial charge in [-0.05, 0) is 37.5 Å². The molecule has 1 aromatic heterocycles. The maximum absolute atomic E-state index is 13.0. The third-order valence-corrected chi connectivity index (χ3v) is 5.14. The predicted octanol–water partition coefficient (Wildman–Crippen LogP) is 6.05. The lowest BCUT2D eigenvalue weighted by atomic mass is 10.1. The van der Waals surface area contributed by atoms with Crippen LogP contribution < -0.4 is 5.69 Å². The van der Waals surface area contributed by atoms with Gasteiger partial charge in [-0.2, -0.15) is 0 Å². The fourth-order valence-corrected chi connectivity index (χ4v) is 3.61. The largest absolute Gasteiger partial charge is 0.329 e. The first kappa shape index (κ1) is 19.8.